The Morgan fingerprint density at radius 1 is 1.17 bits per heavy atom. The van der Waals surface area contributed by atoms with E-state index in [-0.39, 0.29) is 5.91 Å². The zero-order valence-electron chi connectivity index (χ0n) is 17.0. The molecular formula is C22H26N2O3S2. The molecule has 7 heteroatoms. The highest BCUT2D eigenvalue weighted by atomic mass is 32.2. The smallest absolute Gasteiger partial charge is 0.252 e. The summed E-state index contributed by atoms with van der Waals surface area (Å²) in [7, 11) is 1.65. The van der Waals surface area contributed by atoms with Crippen LogP contribution in [0.5, 0.6) is 5.75 Å². The first-order valence-electron chi connectivity index (χ1n) is 9.69. The van der Waals surface area contributed by atoms with Crippen LogP contribution in [-0.2, 0) is 22.5 Å². The van der Waals surface area contributed by atoms with E-state index in [4.69, 9.17) is 9.47 Å². The number of ether oxygens (including phenoxy) is 2. The molecule has 0 radical (unpaired) electrons. The van der Waals surface area contributed by atoms with E-state index >= 15 is 0 Å². The van der Waals surface area contributed by atoms with E-state index in [2.05, 4.69) is 24.0 Å². The van der Waals surface area contributed by atoms with Crippen molar-refractivity contribution in [1.82, 2.24) is 4.57 Å². The second-order valence-electron chi connectivity index (χ2n) is 6.33. The molecule has 2 aromatic carbocycles. The van der Waals surface area contributed by atoms with Gasteiger partial charge in [-0.05, 0) is 48.6 Å². The number of fused-ring (bicyclic) bond motifs is 1. The van der Waals surface area contributed by atoms with E-state index in [0.29, 0.717) is 31.0 Å². The lowest BCUT2D eigenvalue weighted by molar-refractivity contribution is -0.117. The molecule has 5 nitrogen and oxygen atoms in total. The summed E-state index contributed by atoms with van der Waals surface area (Å²) in [4.78, 5) is 19.0. The van der Waals surface area contributed by atoms with Gasteiger partial charge >= 0.3 is 0 Å². The van der Waals surface area contributed by atoms with Crippen LogP contribution < -0.4 is 9.54 Å². The maximum atomic E-state index is 12.6. The molecule has 0 unspecified atom stereocenters. The maximum Gasteiger partial charge on any atom is 0.252 e. The molecule has 1 heterocycles. The van der Waals surface area contributed by atoms with Crippen molar-refractivity contribution in [1.29, 1.82) is 0 Å². The molecule has 154 valence electrons. The Kier molecular flexibility index (Phi) is 7.91. The number of benzene rings is 2. The number of hydrogen-bond donors (Lipinski definition) is 0. The molecule has 0 spiro atoms. The Bertz CT molecular complexity index is 1020. The van der Waals surface area contributed by atoms with Crippen LogP contribution in [0.2, 0.25) is 0 Å². The number of rotatable bonds is 9. The number of nitrogens with zero attached hydrogens (tertiary/aromatic N) is 2. The second-order valence-corrected chi connectivity index (χ2v) is 8.67. The lowest BCUT2D eigenvalue weighted by Crippen LogP contribution is -2.20. The van der Waals surface area contributed by atoms with E-state index in [1.165, 1.54) is 16.2 Å². The summed E-state index contributed by atoms with van der Waals surface area (Å²) in [5.41, 5.74) is 2.01. The zero-order valence-corrected chi connectivity index (χ0v) is 18.6. The van der Waals surface area contributed by atoms with Crippen molar-refractivity contribution in [3.63, 3.8) is 0 Å². The number of carbonyl (C=O) groups excluding carboxylic acids is 1. The Labute approximate surface area is 179 Å². The average Bonchev–Trinajstić information content (AvgIpc) is 3.06. The van der Waals surface area contributed by atoms with Crippen molar-refractivity contribution >= 4 is 39.2 Å². The molecule has 0 saturated heterocycles. The van der Waals surface area contributed by atoms with Gasteiger partial charge in [0.2, 0.25) is 0 Å². The molecule has 0 aliphatic heterocycles. The number of amides is 1. The minimum Gasteiger partial charge on any atom is -0.497 e. The molecule has 3 rings (SSSR count). The Hall–Kier alpha value is -2.09. The molecule has 1 aromatic heterocycles. The van der Waals surface area contributed by atoms with Gasteiger partial charge in [-0.1, -0.05) is 30.4 Å². The van der Waals surface area contributed by atoms with Crippen LogP contribution >= 0.6 is 23.1 Å². The van der Waals surface area contributed by atoms with Crippen LogP contribution in [0, 0.1) is 0 Å². The minimum absolute atomic E-state index is 0.149. The Balaban J connectivity index is 1.87. The minimum atomic E-state index is -0.149. The Morgan fingerprint density at radius 3 is 2.66 bits per heavy atom. The predicted octanol–water partition coefficient (Wildman–Crippen LogP) is 4.53. The van der Waals surface area contributed by atoms with Crippen LogP contribution in [0.25, 0.3) is 10.2 Å². The first-order chi connectivity index (χ1) is 14.1. The summed E-state index contributed by atoms with van der Waals surface area (Å²) in [6.07, 6.45) is 0.292. The van der Waals surface area contributed by atoms with Gasteiger partial charge in [-0.3, -0.25) is 4.79 Å². The van der Waals surface area contributed by atoms with Crippen molar-refractivity contribution in [3.05, 3.63) is 52.8 Å². The van der Waals surface area contributed by atoms with Crippen molar-refractivity contribution in [2.75, 3.05) is 26.1 Å². The fourth-order valence-electron chi connectivity index (χ4n) is 2.97. The zero-order chi connectivity index (χ0) is 20.6. The normalized spacial score (nSPS) is 11.9. The van der Waals surface area contributed by atoms with Crippen molar-refractivity contribution in [2.45, 2.75) is 31.7 Å². The van der Waals surface area contributed by atoms with E-state index in [0.717, 1.165) is 27.3 Å². The van der Waals surface area contributed by atoms with Gasteiger partial charge in [-0.2, -0.15) is 4.99 Å². The van der Waals surface area contributed by atoms with Crippen LogP contribution in [0.3, 0.4) is 0 Å². The van der Waals surface area contributed by atoms with Gasteiger partial charge in [0.15, 0.2) is 4.80 Å². The molecule has 29 heavy (non-hydrogen) atoms. The first kappa shape index (κ1) is 21.6. The van der Waals surface area contributed by atoms with E-state index in [9.17, 15) is 4.79 Å². The molecule has 0 N–H and O–H groups in total. The monoisotopic (exact) mass is 430 g/mol. The van der Waals surface area contributed by atoms with Gasteiger partial charge in [0, 0.05) is 18.0 Å². The molecular weight excluding hydrogens is 404 g/mol. The van der Waals surface area contributed by atoms with Crippen LogP contribution in [0.4, 0.5) is 0 Å². The van der Waals surface area contributed by atoms with Crippen molar-refractivity contribution in [3.8, 4) is 5.75 Å². The lowest BCUT2D eigenvalue weighted by atomic mass is 10.1. The third-order valence-corrected chi connectivity index (χ3v) is 6.30. The van der Waals surface area contributed by atoms with Gasteiger partial charge < -0.3 is 14.0 Å². The van der Waals surface area contributed by atoms with E-state index in [1.54, 1.807) is 18.9 Å². The molecule has 0 fully saturated rings. The van der Waals surface area contributed by atoms with Crippen molar-refractivity contribution < 1.29 is 14.3 Å². The molecule has 0 atom stereocenters. The highest BCUT2D eigenvalue weighted by Crippen LogP contribution is 2.23. The summed E-state index contributed by atoms with van der Waals surface area (Å²) >= 11 is 3.29. The lowest BCUT2D eigenvalue weighted by Gasteiger charge is -2.06. The summed E-state index contributed by atoms with van der Waals surface area (Å²) in [5.74, 6) is 1.68. The van der Waals surface area contributed by atoms with Crippen molar-refractivity contribution in [2.24, 2.45) is 4.99 Å². The molecule has 3 aromatic rings. The summed E-state index contributed by atoms with van der Waals surface area (Å²) < 4.78 is 13.9. The summed E-state index contributed by atoms with van der Waals surface area (Å²) in [5, 5.41) is 0. The quantitative estimate of drug-likeness (QED) is 0.370. The first-order valence-corrected chi connectivity index (χ1v) is 11.5. The standard InChI is InChI=1S/C22H26N2O3S2/c1-4-27-13-12-24-19-11-8-17(26-3)15-20(19)29-22(24)23-21(25)14-16-6-9-18(10-7-16)28-5-2/h6-11,15H,4-5,12-14H2,1-3H3. The Morgan fingerprint density at radius 2 is 1.97 bits per heavy atom. The molecule has 1 amide bonds. The fourth-order valence-corrected chi connectivity index (χ4v) is 4.74. The highest BCUT2D eigenvalue weighted by molar-refractivity contribution is 7.99. The summed E-state index contributed by atoms with van der Waals surface area (Å²) in [6.45, 7) is 5.98. The SMILES string of the molecule is CCOCCn1c(=NC(=O)Cc2ccc(SCC)cc2)sc2cc(OC)ccc21. The van der Waals surface area contributed by atoms with Crippen LogP contribution in [-0.4, -0.2) is 36.6 Å². The molecule has 0 saturated carbocycles. The second kappa shape index (κ2) is 10.6. The maximum absolute atomic E-state index is 12.6. The van der Waals surface area contributed by atoms with E-state index in [1.807, 2.05) is 41.8 Å². The van der Waals surface area contributed by atoms with Gasteiger partial charge in [-0.15, -0.1) is 11.8 Å². The van der Waals surface area contributed by atoms with Gasteiger partial charge in [0.05, 0.1) is 30.4 Å². The van der Waals surface area contributed by atoms with Gasteiger partial charge in [0.1, 0.15) is 5.75 Å². The summed E-state index contributed by atoms with van der Waals surface area (Å²) in [6, 6.07) is 14.0. The number of thiazole rings is 1. The van der Waals surface area contributed by atoms with Gasteiger partial charge in [-0.25, -0.2) is 0 Å². The largest absolute Gasteiger partial charge is 0.497 e. The fraction of sp³-hybridized carbons (Fsp3) is 0.364. The average molecular weight is 431 g/mol. The molecule has 0 aliphatic carbocycles. The highest BCUT2D eigenvalue weighted by Gasteiger charge is 2.10. The topological polar surface area (TPSA) is 52.8 Å². The van der Waals surface area contributed by atoms with E-state index < -0.39 is 0 Å². The number of thioether (sulfide) groups is 1. The van der Waals surface area contributed by atoms with Gasteiger partial charge in [0.25, 0.3) is 5.91 Å². The van der Waals surface area contributed by atoms with Crippen LogP contribution in [0.15, 0.2) is 52.4 Å². The number of methoxy groups -OCH3 is 1. The third-order valence-electron chi connectivity index (χ3n) is 4.36. The third kappa shape index (κ3) is 5.72. The van der Waals surface area contributed by atoms with Crippen LogP contribution in [0.1, 0.15) is 19.4 Å². The predicted molar refractivity (Wildman–Crippen MR) is 120 cm³/mol. The number of carbonyl (C=O) groups is 1. The number of aromatic nitrogens is 1. The number of hydrogen-bond acceptors (Lipinski definition) is 5. The molecule has 0 bridgehead atoms. The molecule has 0 aliphatic rings.